The van der Waals surface area contributed by atoms with Gasteiger partial charge in [-0.3, -0.25) is 9.59 Å². The first-order chi connectivity index (χ1) is 15.5. The van der Waals surface area contributed by atoms with Gasteiger partial charge in [0.25, 0.3) is 0 Å². The number of fused-ring (bicyclic) bond motifs is 3. The molecule has 0 radical (unpaired) electrons. The lowest BCUT2D eigenvalue weighted by atomic mass is 9.71. The molecule has 0 unspecified atom stereocenters. The Morgan fingerprint density at radius 2 is 1.56 bits per heavy atom. The fourth-order valence-electron chi connectivity index (χ4n) is 5.03. The van der Waals surface area contributed by atoms with Crippen LogP contribution in [-0.4, -0.2) is 24.1 Å². The van der Waals surface area contributed by atoms with Crippen molar-refractivity contribution >= 4 is 17.5 Å². The number of carbonyl (C=O) groups is 2. The fourth-order valence-corrected chi connectivity index (χ4v) is 5.03. The highest BCUT2D eigenvalue weighted by atomic mass is 16.5. The number of rotatable bonds is 12. The Morgan fingerprint density at radius 1 is 0.875 bits per heavy atom. The molecule has 0 saturated carbocycles. The SMILES string of the molecule is CCCCOC(=O)CCC(=N)C(=O)c1ccc2c(c1)C(CCC)(CCC)c1ccccc1-2. The summed E-state index contributed by atoms with van der Waals surface area (Å²) in [6.07, 6.45) is 6.14. The molecular weight excluding hydrogens is 398 g/mol. The summed E-state index contributed by atoms with van der Waals surface area (Å²) in [6, 6.07) is 14.5. The molecule has 0 aliphatic heterocycles. The summed E-state index contributed by atoms with van der Waals surface area (Å²) < 4.78 is 5.15. The van der Waals surface area contributed by atoms with Crippen molar-refractivity contribution in [3.8, 4) is 11.1 Å². The zero-order valence-corrected chi connectivity index (χ0v) is 19.6. The molecule has 0 fully saturated rings. The monoisotopic (exact) mass is 433 g/mol. The van der Waals surface area contributed by atoms with E-state index < -0.39 is 0 Å². The number of hydrogen-bond donors (Lipinski definition) is 1. The highest BCUT2D eigenvalue weighted by Gasteiger charge is 2.41. The van der Waals surface area contributed by atoms with Gasteiger partial charge in [0.1, 0.15) is 0 Å². The molecule has 0 atom stereocenters. The largest absolute Gasteiger partial charge is 0.466 e. The van der Waals surface area contributed by atoms with Gasteiger partial charge in [-0.15, -0.1) is 0 Å². The van der Waals surface area contributed by atoms with E-state index in [1.165, 1.54) is 22.3 Å². The van der Waals surface area contributed by atoms with E-state index in [4.69, 9.17) is 10.1 Å². The Hall–Kier alpha value is -2.75. The summed E-state index contributed by atoms with van der Waals surface area (Å²) in [5.41, 5.74) is 5.44. The number of carbonyl (C=O) groups excluding carboxylic acids is 2. The van der Waals surface area contributed by atoms with Gasteiger partial charge in [-0.05, 0) is 47.6 Å². The van der Waals surface area contributed by atoms with E-state index in [1.54, 1.807) is 0 Å². The third-order valence-corrected chi connectivity index (χ3v) is 6.50. The van der Waals surface area contributed by atoms with Gasteiger partial charge in [0.15, 0.2) is 0 Å². The lowest BCUT2D eigenvalue weighted by molar-refractivity contribution is -0.143. The molecule has 2 aromatic carbocycles. The van der Waals surface area contributed by atoms with Gasteiger partial charge in [-0.2, -0.15) is 0 Å². The Balaban J connectivity index is 1.84. The molecular formula is C28H35NO3. The maximum atomic E-state index is 13.0. The van der Waals surface area contributed by atoms with Crippen LogP contribution in [0.25, 0.3) is 11.1 Å². The maximum absolute atomic E-state index is 13.0. The first-order valence-electron chi connectivity index (χ1n) is 12.0. The van der Waals surface area contributed by atoms with Crippen LogP contribution in [0.4, 0.5) is 0 Å². The van der Waals surface area contributed by atoms with E-state index in [0.29, 0.717) is 12.2 Å². The van der Waals surface area contributed by atoms with Crippen LogP contribution in [0.15, 0.2) is 42.5 Å². The summed E-state index contributed by atoms with van der Waals surface area (Å²) in [6.45, 7) is 6.86. The van der Waals surface area contributed by atoms with Gasteiger partial charge in [0, 0.05) is 17.4 Å². The molecule has 170 valence electrons. The molecule has 0 heterocycles. The van der Waals surface area contributed by atoms with E-state index >= 15 is 0 Å². The van der Waals surface area contributed by atoms with E-state index in [-0.39, 0.29) is 35.7 Å². The van der Waals surface area contributed by atoms with E-state index in [1.807, 2.05) is 25.1 Å². The topological polar surface area (TPSA) is 67.2 Å². The number of benzene rings is 2. The van der Waals surface area contributed by atoms with Crippen LogP contribution in [0.1, 0.15) is 93.6 Å². The maximum Gasteiger partial charge on any atom is 0.306 e. The molecule has 1 aliphatic rings. The number of unbranched alkanes of at least 4 members (excludes halogenated alkanes) is 1. The predicted octanol–water partition coefficient (Wildman–Crippen LogP) is 6.88. The van der Waals surface area contributed by atoms with Crippen molar-refractivity contribution in [2.24, 2.45) is 0 Å². The molecule has 1 N–H and O–H groups in total. The number of ether oxygens (including phenoxy) is 1. The van der Waals surface area contributed by atoms with Crippen molar-refractivity contribution in [2.45, 2.75) is 77.6 Å². The highest BCUT2D eigenvalue weighted by Crippen LogP contribution is 2.53. The van der Waals surface area contributed by atoms with Crippen molar-refractivity contribution in [3.63, 3.8) is 0 Å². The number of ketones is 1. The van der Waals surface area contributed by atoms with Gasteiger partial charge < -0.3 is 10.1 Å². The second-order valence-electron chi connectivity index (χ2n) is 8.77. The van der Waals surface area contributed by atoms with Crippen LogP contribution in [-0.2, 0) is 14.9 Å². The third-order valence-electron chi connectivity index (χ3n) is 6.50. The summed E-state index contributed by atoms with van der Waals surface area (Å²) >= 11 is 0. The molecule has 0 saturated heterocycles. The predicted molar refractivity (Wildman–Crippen MR) is 130 cm³/mol. The van der Waals surface area contributed by atoms with Crippen molar-refractivity contribution in [1.29, 1.82) is 5.41 Å². The van der Waals surface area contributed by atoms with Crippen molar-refractivity contribution in [3.05, 3.63) is 59.2 Å². The molecule has 0 spiro atoms. The molecule has 4 nitrogen and oxygen atoms in total. The van der Waals surface area contributed by atoms with Crippen LogP contribution in [0.3, 0.4) is 0 Å². The lowest BCUT2D eigenvalue weighted by Crippen LogP contribution is -2.25. The van der Waals surface area contributed by atoms with E-state index in [0.717, 1.165) is 38.5 Å². The Morgan fingerprint density at radius 3 is 2.25 bits per heavy atom. The first kappa shape index (κ1) is 23.9. The average molecular weight is 434 g/mol. The van der Waals surface area contributed by atoms with E-state index in [2.05, 4.69) is 38.1 Å². The van der Waals surface area contributed by atoms with Crippen LogP contribution in [0.5, 0.6) is 0 Å². The van der Waals surface area contributed by atoms with Crippen molar-refractivity contribution < 1.29 is 14.3 Å². The van der Waals surface area contributed by atoms with Gasteiger partial charge in [-0.25, -0.2) is 0 Å². The summed E-state index contributed by atoms with van der Waals surface area (Å²) in [5, 5.41) is 8.27. The summed E-state index contributed by atoms with van der Waals surface area (Å²) in [5.74, 6) is -0.641. The van der Waals surface area contributed by atoms with Gasteiger partial charge >= 0.3 is 5.97 Å². The molecule has 0 aromatic heterocycles. The average Bonchev–Trinajstić information content (AvgIpc) is 3.07. The second-order valence-corrected chi connectivity index (χ2v) is 8.77. The molecule has 4 heteroatoms. The van der Waals surface area contributed by atoms with Gasteiger partial charge in [0.05, 0.1) is 18.7 Å². The van der Waals surface area contributed by atoms with Crippen LogP contribution >= 0.6 is 0 Å². The van der Waals surface area contributed by atoms with Crippen LogP contribution < -0.4 is 0 Å². The lowest BCUT2D eigenvalue weighted by Gasteiger charge is -2.32. The van der Waals surface area contributed by atoms with Gasteiger partial charge in [0.2, 0.25) is 5.78 Å². The second kappa shape index (κ2) is 10.7. The minimum Gasteiger partial charge on any atom is -0.466 e. The van der Waals surface area contributed by atoms with E-state index in [9.17, 15) is 9.59 Å². The molecule has 0 bridgehead atoms. The smallest absolute Gasteiger partial charge is 0.306 e. The molecule has 32 heavy (non-hydrogen) atoms. The normalized spacial score (nSPS) is 13.3. The standard InChI is InChI=1S/C28H35NO3/c1-4-7-18-32-26(30)15-14-25(29)27(31)20-12-13-22-21-10-8-9-11-23(21)28(16-5-2,17-6-3)24(22)19-20/h8-13,19,29H,4-7,14-18H2,1-3H3. The summed E-state index contributed by atoms with van der Waals surface area (Å²) in [7, 11) is 0. The third kappa shape index (κ3) is 4.69. The Bertz CT molecular complexity index is 986. The minimum absolute atomic E-state index is 0.0375. The van der Waals surface area contributed by atoms with Gasteiger partial charge in [-0.1, -0.05) is 76.4 Å². The van der Waals surface area contributed by atoms with Crippen LogP contribution in [0.2, 0.25) is 0 Å². The molecule has 1 aliphatic carbocycles. The van der Waals surface area contributed by atoms with Crippen molar-refractivity contribution in [2.75, 3.05) is 6.61 Å². The zero-order valence-electron chi connectivity index (χ0n) is 19.6. The van der Waals surface area contributed by atoms with Crippen LogP contribution in [0, 0.1) is 5.41 Å². The van der Waals surface area contributed by atoms with Crippen molar-refractivity contribution in [1.82, 2.24) is 0 Å². The zero-order chi connectivity index (χ0) is 23.1. The first-order valence-corrected chi connectivity index (χ1v) is 12.0. The molecule has 2 aromatic rings. The quantitative estimate of drug-likeness (QED) is 0.172. The Labute approximate surface area is 191 Å². The summed E-state index contributed by atoms with van der Waals surface area (Å²) in [4.78, 5) is 24.9. The number of Topliss-reactive ketones (excluding diaryl/α,β-unsaturated/α-hetero) is 1. The molecule has 0 amide bonds. The molecule has 3 rings (SSSR count). The fraction of sp³-hybridized carbons (Fsp3) is 0.464. The Kier molecular flexibility index (Phi) is 8.00. The number of nitrogens with one attached hydrogen (secondary N) is 1. The highest BCUT2D eigenvalue weighted by molar-refractivity contribution is 6.45. The number of esters is 1. The minimum atomic E-state index is -0.342. The number of hydrogen-bond acceptors (Lipinski definition) is 4.